The largest absolute Gasteiger partial charge is 0.481 e. The van der Waals surface area contributed by atoms with Gasteiger partial charge in [0.2, 0.25) is 0 Å². The Hall–Kier alpha value is -2.28. The highest BCUT2D eigenvalue weighted by molar-refractivity contribution is 6.00. The molecule has 1 aliphatic heterocycles. The Labute approximate surface area is 134 Å². The molecule has 7 nitrogen and oxygen atoms in total. The zero-order valence-corrected chi connectivity index (χ0v) is 13.0. The SMILES string of the molecule is CCC(C(=O)c1ccc([N+](=O)[O-])cc1)N1CCC(C(=O)O)CC1. The lowest BCUT2D eigenvalue weighted by Gasteiger charge is -2.35. The lowest BCUT2D eigenvalue weighted by molar-refractivity contribution is -0.384. The van der Waals surface area contributed by atoms with E-state index in [1.807, 2.05) is 11.8 Å². The standard InChI is InChI=1S/C16H20N2O5/c1-2-14(17-9-7-12(8-10-17)16(20)21)15(19)11-3-5-13(6-4-11)18(22)23/h3-6,12,14H,2,7-10H2,1H3,(H,20,21). The summed E-state index contributed by atoms with van der Waals surface area (Å²) in [5.74, 6) is -1.19. The summed E-state index contributed by atoms with van der Waals surface area (Å²) < 4.78 is 0. The molecule has 0 spiro atoms. The van der Waals surface area contributed by atoms with E-state index in [0.717, 1.165) is 0 Å². The Morgan fingerprint density at radius 2 is 1.87 bits per heavy atom. The molecule has 0 aliphatic carbocycles. The van der Waals surface area contributed by atoms with Gasteiger partial charge in [-0.25, -0.2) is 0 Å². The molecule has 1 fully saturated rings. The Bertz CT molecular complexity index is 591. The van der Waals surface area contributed by atoms with E-state index in [1.54, 1.807) is 0 Å². The fraction of sp³-hybridized carbons (Fsp3) is 0.500. The van der Waals surface area contributed by atoms with Crippen molar-refractivity contribution in [3.63, 3.8) is 0 Å². The van der Waals surface area contributed by atoms with Crippen molar-refractivity contribution < 1.29 is 19.6 Å². The first-order valence-corrected chi connectivity index (χ1v) is 7.69. The number of nitro benzene ring substituents is 1. The van der Waals surface area contributed by atoms with Crippen LogP contribution in [0.15, 0.2) is 24.3 Å². The number of nitrogens with zero attached hydrogens (tertiary/aromatic N) is 2. The number of aliphatic carboxylic acids is 1. The van der Waals surface area contributed by atoms with E-state index in [2.05, 4.69) is 0 Å². The molecule has 1 aromatic rings. The predicted octanol–water partition coefficient (Wildman–Crippen LogP) is 2.35. The van der Waals surface area contributed by atoms with Crippen LogP contribution in [0.2, 0.25) is 0 Å². The zero-order valence-electron chi connectivity index (χ0n) is 13.0. The molecule has 2 rings (SSSR count). The van der Waals surface area contributed by atoms with Crippen LogP contribution < -0.4 is 0 Å². The van der Waals surface area contributed by atoms with Crippen LogP contribution in [0.3, 0.4) is 0 Å². The molecule has 1 aromatic carbocycles. The van der Waals surface area contributed by atoms with Gasteiger partial charge in [-0.1, -0.05) is 6.92 Å². The van der Waals surface area contributed by atoms with Crippen LogP contribution in [-0.2, 0) is 4.79 Å². The molecule has 0 aromatic heterocycles. The number of ketones is 1. The summed E-state index contributed by atoms with van der Waals surface area (Å²) in [4.78, 5) is 35.8. The second-order valence-electron chi connectivity index (χ2n) is 5.74. The number of piperidine rings is 1. The van der Waals surface area contributed by atoms with Crippen LogP contribution in [0.4, 0.5) is 5.69 Å². The second-order valence-corrected chi connectivity index (χ2v) is 5.74. The number of benzene rings is 1. The van der Waals surface area contributed by atoms with Crippen LogP contribution >= 0.6 is 0 Å². The summed E-state index contributed by atoms with van der Waals surface area (Å²) >= 11 is 0. The summed E-state index contributed by atoms with van der Waals surface area (Å²) in [5, 5.41) is 19.7. The Morgan fingerprint density at radius 1 is 1.30 bits per heavy atom. The molecule has 23 heavy (non-hydrogen) atoms. The van der Waals surface area contributed by atoms with Gasteiger partial charge < -0.3 is 5.11 Å². The molecule has 124 valence electrons. The van der Waals surface area contributed by atoms with Crippen molar-refractivity contribution in [1.29, 1.82) is 0 Å². The Balaban J connectivity index is 2.07. The molecular weight excluding hydrogens is 300 g/mol. The van der Waals surface area contributed by atoms with Crippen molar-refractivity contribution in [2.75, 3.05) is 13.1 Å². The van der Waals surface area contributed by atoms with Gasteiger partial charge in [-0.05, 0) is 44.5 Å². The average Bonchev–Trinajstić information content (AvgIpc) is 2.56. The summed E-state index contributed by atoms with van der Waals surface area (Å²) in [5.41, 5.74) is 0.402. The van der Waals surface area contributed by atoms with E-state index < -0.39 is 10.9 Å². The van der Waals surface area contributed by atoms with Gasteiger partial charge in [0, 0.05) is 17.7 Å². The molecule has 1 heterocycles. The van der Waals surface area contributed by atoms with Gasteiger partial charge in [-0.2, -0.15) is 0 Å². The highest BCUT2D eigenvalue weighted by Gasteiger charge is 2.31. The lowest BCUT2D eigenvalue weighted by Crippen LogP contribution is -2.46. The van der Waals surface area contributed by atoms with Crippen LogP contribution in [0.25, 0.3) is 0 Å². The molecule has 0 saturated carbocycles. The zero-order chi connectivity index (χ0) is 17.0. The average molecular weight is 320 g/mol. The first kappa shape index (κ1) is 17.1. The monoisotopic (exact) mass is 320 g/mol. The molecule has 0 amide bonds. The summed E-state index contributed by atoms with van der Waals surface area (Å²) in [6.45, 7) is 3.07. The molecular formula is C16H20N2O5. The number of carboxylic acid groups (broad SMARTS) is 1. The smallest absolute Gasteiger partial charge is 0.306 e. The minimum atomic E-state index is -0.778. The number of nitro groups is 1. The van der Waals surface area contributed by atoms with E-state index in [-0.39, 0.29) is 23.4 Å². The number of hydrogen-bond donors (Lipinski definition) is 1. The van der Waals surface area contributed by atoms with Crippen molar-refractivity contribution >= 4 is 17.4 Å². The summed E-state index contributed by atoms with van der Waals surface area (Å²) in [6, 6.07) is 5.30. The number of carbonyl (C=O) groups is 2. The topological polar surface area (TPSA) is 101 Å². The minimum absolute atomic E-state index is 0.0446. The van der Waals surface area contributed by atoms with Gasteiger partial charge >= 0.3 is 5.97 Å². The van der Waals surface area contributed by atoms with Gasteiger partial charge in [-0.3, -0.25) is 24.6 Å². The number of carboxylic acids is 1. The fourth-order valence-electron chi connectivity index (χ4n) is 3.01. The minimum Gasteiger partial charge on any atom is -0.481 e. The normalized spacial score (nSPS) is 17.6. The molecule has 1 atom stereocenters. The molecule has 1 saturated heterocycles. The number of non-ortho nitro benzene ring substituents is 1. The molecule has 7 heteroatoms. The molecule has 1 unspecified atom stereocenters. The fourth-order valence-corrected chi connectivity index (χ4v) is 3.01. The quantitative estimate of drug-likeness (QED) is 0.490. The number of likely N-dealkylation sites (tertiary alicyclic amines) is 1. The Kier molecular flexibility index (Phi) is 5.44. The highest BCUT2D eigenvalue weighted by atomic mass is 16.6. The maximum Gasteiger partial charge on any atom is 0.306 e. The number of hydrogen-bond acceptors (Lipinski definition) is 5. The molecule has 0 bridgehead atoms. The van der Waals surface area contributed by atoms with Crippen LogP contribution in [0.5, 0.6) is 0 Å². The first-order valence-electron chi connectivity index (χ1n) is 7.69. The van der Waals surface area contributed by atoms with Gasteiger partial charge in [0.1, 0.15) is 0 Å². The maximum atomic E-state index is 12.6. The highest BCUT2D eigenvalue weighted by Crippen LogP contribution is 2.23. The predicted molar refractivity (Wildman–Crippen MR) is 83.4 cm³/mol. The van der Waals surface area contributed by atoms with Gasteiger partial charge in [0.15, 0.2) is 5.78 Å². The van der Waals surface area contributed by atoms with Crippen molar-refractivity contribution in [2.24, 2.45) is 5.92 Å². The molecule has 1 N–H and O–H groups in total. The molecule has 0 radical (unpaired) electrons. The van der Waals surface area contributed by atoms with Crippen LogP contribution in [-0.4, -0.2) is 45.8 Å². The summed E-state index contributed by atoms with van der Waals surface area (Å²) in [7, 11) is 0. The van der Waals surface area contributed by atoms with E-state index in [9.17, 15) is 19.7 Å². The lowest BCUT2D eigenvalue weighted by atomic mass is 9.93. The van der Waals surface area contributed by atoms with E-state index in [0.29, 0.717) is 37.9 Å². The third kappa shape index (κ3) is 3.92. The third-order valence-corrected chi connectivity index (χ3v) is 4.37. The number of rotatable bonds is 6. The molecule has 1 aliphatic rings. The van der Waals surface area contributed by atoms with E-state index >= 15 is 0 Å². The first-order chi connectivity index (χ1) is 10.9. The summed E-state index contributed by atoms with van der Waals surface area (Å²) in [6.07, 6.45) is 1.70. The maximum absolute atomic E-state index is 12.6. The van der Waals surface area contributed by atoms with Crippen molar-refractivity contribution in [2.45, 2.75) is 32.2 Å². The van der Waals surface area contributed by atoms with Crippen LogP contribution in [0, 0.1) is 16.0 Å². The van der Waals surface area contributed by atoms with Crippen molar-refractivity contribution in [3.8, 4) is 0 Å². The van der Waals surface area contributed by atoms with E-state index in [4.69, 9.17) is 5.11 Å². The van der Waals surface area contributed by atoms with E-state index in [1.165, 1.54) is 24.3 Å². The van der Waals surface area contributed by atoms with Gasteiger partial charge in [0.25, 0.3) is 5.69 Å². The van der Waals surface area contributed by atoms with Gasteiger partial charge in [0.05, 0.1) is 16.9 Å². The van der Waals surface area contributed by atoms with Crippen molar-refractivity contribution in [1.82, 2.24) is 4.90 Å². The van der Waals surface area contributed by atoms with Crippen molar-refractivity contribution in [3.05, 3.63) is 39.9 Å². The number of carbonyl (C=O) groups excluding carboxylic acids is 1. The van der Waals surface area contributed by atoms with Gasteiger partial charge in [-0.15, -0.1) is 0 Å². The number of Topliss-reactive ketones (excluding diaryl/α,β-unsaturated/α-hetero) is 1. The Morgan fingerprint density at radius 3 is 2.30 bits per heavy atom. The second kappa shape index (κ2) is 7.32. The van der Waals surface area contributed by atoms with Crippen LogP contribution in [0.1, 0.15) is 36.5 Å². The third-order valence-electron chi connectivity index (χ3n) is 4.37.